The molecule has 3 N–H and O–H groups in total. The Morgan fingerprint density at radius 1 is 0.726 bits per heavy atom. The van der Waals surface area contributed by atoms with Gasteiger partial charge in [-0.15, -0.1) is 0 Å². The molecular formula is C47H55N7O8. The zero-order valence-corrected chi connectivity index (χ0v) is 35.7. The number of nitrogens with zero attached hydrogens (tertiary/aromatic N) is 4. The molecule has 5 atom stereocenters. The minimum absolute atomic E-state index is 0.0151. The lowest BCUT2D eigenvalue weighted by Crippen LogP contribution is -2.53. The van der Waals surface area contributed by atoms with Gasteiger partial charge in [-0.25, -0.2) is 9.78 Å². The summed E-state index contributed by atoms with van der Waals surface area (Å²) in [5.74, 6) is -1.17. The van der Waals surface area contributed by atoms with Gasteiger partial charge in [0, 0.05) is 25.3 Å². The fraction of sp³-hybridized carbons (Fsp3) is 0.426. The molecule has 3 aliphatic heterocycles. The Kier molecular flexibility index (Phi) is 13.7. The first-order valence-corrected chi connectivity index (χ1v) is 21.4. The summed E-state index contributed by atoms with van der Waals surface area (Å²) in [7, 11) is 2.57. The molecule has 3 aliphatic rings. The Bertz CT molecular complexity index is 2240. The number of rotatable bonds is 13. The topological polar surface area (TPSA) is 183 Å². The highest BCUT2D eigenvalue weighted by atomic mass is 16.5. The number of aromatic nitrogens is 2. The number of anilines is 1. The number of imidazole rings is 1. The van der Waals surface area contributed by atoms with E-state index in [1.54, 1.807) is 35.4 Å². The van der Waals surface area contributed by atoms with Crippen molar-refractivity contribution in [1.29, 1.82) is 0 Å². The summed E-state index contributed by atoms with van der Waals surface area (Å²) >= 11 is 0. The predicted octanol–water partition coefficient (Wildman–Crippen LogP) is 6.26. The third kappa shape index (κ3) is 9.51. The molecule has 0 saturated carbocycles. The largest absolute Gasteiger partial charge is 0.469 e. The molecule has 0 aliphatic carbocycles. The number of aromatic amines is 1. The molecule has 0 bridgehead atoms. The maximum absolute atomic E-state index is 14.1. The number of hydrogen-bond acceptors (Lipinski definition) is 9. The molecule has 15 heteroatoms. The molecule has 3 fully saturated rings. The first-order valence-electron chi connectivity index (χ1n) is 21.4. The van der Waals surface area contributed by atoms with Crippen LogP contribution in [0.5, 0.6) is 0 Å². The van der Waals surface area contributed by atoms with E-state index in [9.17, 15) is 28.8 Å². The van der Waals surface area contributed by atoms with E-state index in [4.69, 9.17) is 9.47 Å². The van der Waals surface area contributed by atoms with Crippen LogP contribution in [0.15, 0.2) is 85.1 Å². The molecule has 3 aromatic carbocycles. The fourth-order valence-corrected chi connectivity index (χ4v) is 8.92. The Morgan fingerprint density at radius 2 is 1.34 bits per heavy atom. The molecule has 3 saturated heterocycles. The second-order valence-electron chi connectivity index (χ2n) is 16.5. The van der Waals surface area contributed by atoms with Gasteiger partial charge < -0.3 is 39.8 Å². The highest BCUT2D eigenvalue weighted by Gasteiger charge is 2.44. The first-order chi connectivity index (χ1) is 30.0. The van der Waals surface area contributed by atoms with Gasteiger partial charge in [-0.2, -0.15) is 0 Å². The van der Waals surface area contributed by atoms with Gasteiger partial charge in [0.15, 0.2) is 0 Å². The van der Waals surface area contributed by atoms with Gasteiger partial charge >= 0.3 is 12.1 Å². The monoisotopic (exact) mass is 845 g/mol. The van der Waals surface area contributed by atoms with Crippen LogP contribution in [0.4, 0.5) is 10.5 Å². The number of likely N-dealkylation sites (tertiary alicyclic amines) is 3. The second-order valence-corrected chi connectivity index (χ2v) is 16.5. The number of hydrogen-bond donors (Lipinski definition) is 3. The van der Waals surface area contributed by atoms with Crippen molar-refractivity contribution in [2.45, 2.75) is 83.0 Å². The van der Waals surface area contributed by atoms with Gasteiger partial charge in [-0.3, -0.25) is 24.0 Å². The lowest BCUT2D eigenvalue weighted by molar-refractivity contribution is -0.148. The predicted molar refractivity (Wildman–Crippen MR) is 231 cm³/mol. The Labute approximate surface area is 361 Å². The van der Waals surface area contributed by atoms with Crippen molar-refractivity contribution in [3.05, 3.63) is 96.4 Å². The van der Waals surface area contributed by atoms with E-state index in [1.165, 1.54) is 19.1 Å². The molecule has 4 heterocycles. The molecule has 4 aromatic rings. The summed E-state index contributed by atoms with van der Waals surface area (Å²) < 4.78 is 9.65. The van der Waals surface area contributed by atoms with E-state index in [0.717, 1.165) is 41.1 Å². The lowest BCUT2D eigenvalue weighted by atomic mass is 9.91. The minimum Gasteiger partial charge on any atom is -0.469 e. The number of alkyl carbamates (subject to hydrolysis) is 1. The summed E-state index contributed by atoms with van der Waals surface area (Å²) in [6.07, 6.45) is 4.95. The highest BCUT2D eigenvalue weighted by molar-refractivity contribution is 5.99. The van der Waals surface area contributed by atoms with Gasteiger partial charge in [0.25, 0.3) is 5.91 Å². The average molecular weight is 846 g/mol. The molecule has 0 radical (unpaired) electrons. The third-order valence-electron chi connectivity index (χ3n) is 12.4. The average Bonchev–Trinajstić information content (AvgIpc) is 4.14. The first kappa shape index (κ1) is 43.6. The summed E-state index contributed by atoms with van der Waals surface area (Å²) in [6, 6.07) is 21.8. The number of benzene rings is 3. The van der Waals surface area contributed by atoms with Gasteiger partial charge in [0.2, 0.25) is 17.7 Å². The second kappa shape index (κ2) is 19.5. The van der Waals surface area contributed by atoms with Crippen LogP contribution in [-0.4, -0.2) is 106 Å². The van der Waals surface area contributed by atoms with E-state index in [1.807, 2.05) is 73.3 Å². The number of carbonyl (C=O) groups excluding carboxylic acids is 6. The quantitative estimate of drug-likeness (QED) is 0.131. The van der Waals surface area contributed by atoms with Crippen molar-refractivity contribution in [3.8, 4) is 22.4 Å². The summed E-state index contributed by atoms with van der Waals surface area (Å²) in [6.45, 7) is 5.27. The summed E-state index contributed by atoms with van der Waals surface area (Å²) in [4.78, 5) is 92.7. The number of H-pyrrole nitrogens is 1. The van der Waals surface area contributed by atoms with Gasteiger partial charge in [0.1, 0.15) is 23.9 Å². The van der Waals surface area contributed by atoms with Crippen LogP contribution in [0.2, 0.25) is 0 Å². The van der Waals surface area contributed by atoms with Crippen molar-refractivity contribution < 1.29 is 38.2 Å². The number of amides is 5. The van der Waals surface area contributed by atoms with E-state index < -0.39 is 42.0 Å². The lowest BCUT2D eigenvalue weighted by Gasteiger charge is -2.33. The van der Waals surface area contributed by atoms with Crippen molar-refractivity contribution in [2.24, 2.45) is 11.8 Å². The molecule has 326 valence electrons. The zero-order chi connectivity index (χ0) is 43.9. The normalized spacial score (nSPS) is 19.6. The van der Waals surface area contributed by atoms with E-state index >= 15 is 0 Å². The van der Waals surface area contributed by atoms with Crippen LogP contribution >= 0.6 is 0 Å². The van der Waals surface area contributed by atoms with Crippen molar-refractivity contribution in [3.63, 3.8) is 0 Å². The van der Waals surface area contributed by atoms with Crippen LogP contribution in [0.3, 0.4) is 0 Å². The van der Waals surface area contributed by atoms with Gasteiger partial charge in [-0.05, 0) is 78.8 Å². The molecule has 0 spiro atoms. The van der Waals surface area contributed by atoms with Crippen molar-refractivity contribution >= 4 is 41.4 Å². The summed E-state index contributed by atoms with van der Waals surface area (Å²) in [5.41, 5.74) is 4.87. The zero-order valence-electron chi connectivity index (χ0n) is 35.7. The van der Waals surface area contributed by atoms with E-state index in [0.29, 0.717) is 56.6 Å². The number of nitrogens with one attached hydrogen (secondary N) is 3. The molecule has 1 aromatic heterocycles. The SMILES string of the molecule is COC(=O)C[C@H](C(=O)N1CCC[C@H]1c1ncc(-c2ccc(-c3ccc(NC(=O)[C@@H]4CCCN4C(=O)[C@@H]4CCCN4C(=O)[C@H](NC(=O)OC)c4ccccc4)cc3)cc2)[nH]1)C(C)C. The Balaban J connectivity index is 0.964. The van der Waals surface area contributed by atoms with Crippen LogP contribution in [0.25, 0.3) is 22.4 Å². The molecule has 7 rings (SSSR count). The van der Waals surface area contributed by atoms with E-state index in [2.05, 4.69) is 20.6 Å². The Morgan fingerprint density at radius 3 is 2.00 bits per heavy atom. The minimum atomic E-state index is -1.03. The van der Waals surface area contributed by atoms with Gasteiger partial charge in [0.05, 0.1) is 44.5 Å². The molecule has 0 unspecified atom stereocenters. The summed E-state index contributed by atoms with van der Waals surface area (Å²) in [5, 5.41) is 5.62. The van der Waals surface area contributed by atoms with Crippen LogP contribution in [0.1, 0.15) is 82.3 Å². The number of esters is 1. The highest BCUT2D eigenvalue weighted by Crippen LogP contribution is 2.35. The molecule has 62 heavy (non-hydrogen) atoms. The van der Waals surface area contributed by atoms with Crippen molar-refractivity contribution in [2.75, 3.05) is 39.2 Å². The maximum atomic E-state index is 14.1. The standard InChI is InChI=1S/C47H55N7O8/c1-29(2)35(27-40(55)61-3)44(57)52-24-8-13-37(52)42-48-28-36(50-42)32-18-16-30(17-19-32)31-20-22-34(23-21-31)49-43(56)38-14-9-25-53(38)45(58)39-15-10-26-54(39)46(59)41(51-47(60)62-4)33-11-6-5-7-12-33/h5-7,11-12,16-23,28-29,35,37-39,41H,8-10,13-15,24-27H2,1-4H3,(H,48,50)(H,49,56)(H,51,60)/t35-,37-,38-,39-,41+/m0/s1. The van der Waals surface area contributed by atoms with Crippen LogP contribution in [0, 0.1) is 11.8 Å². The van der Waals surface area contributed by atoms with Crippen molar-refractivity contribution in [1.82, 2.24) is 30.0 Å². The smallest absolute Gasteiger partial charge is 0.407 e. The number of ether oxygens (including phenoxy) is 2. The van der Waals surface area contributed by atoms with Gasteiger partial charge in [-0.1, -0.05) is 80.6 Å². The molecular weight excluding hydrogens is 791 g/mol. The number of carbonyl (C=O) groups is 6. The van der Waals surface area contributed by atoms with Crippen LogP contribution in [-0.2, 0) is 33.4 Å². The Hall–Kier alpha value is -6.51. The van der Waals surface area contributed by atoms with E-state index in [-0.39, 0.29) is 36.1 Å². The molecule has 5 amide bonds. The number of methoxy groups -OCH3 is 2. The van der Waals surface area contributed by atoms with Crippen LogP contribution < -0.4 is 10.6 Å². The third-order valence-corrected chi connectivity index (χ3v) is 12.4. The molecule has 15 nitrogen and oxygen atoms in total. The maximum Gasteiger partial charge on any atom is 0.407 e. The fourth-order valence-electron chi connectivity index (χ4n) is 8.92.